The van der Waals surface area contributed by atoms with Crippen molar-refractivity contribution in [3.05, 3.63) is 66.5 Å². The minimum Gasteiger partial charge on any atom is -0.481 e. The molecule has 0 bridgehead atoms. The molecule has 0 radical (unpaired) electrons. The Hall–Kier alpha value is -3.84. The summed E-state index contributed by atoms with van der Waals surface area (Å²) < 4.78 is 11.1. The van der Waals surface area contributed by atoms with E-state index in [1.165, 1.54) is 0 Å². The standard InChI is InChI=1S/C28H29N3O4/c1-4-20(32)10-11-21(33)16-18-9-12-25-19(15-18)17-24(22-7-5-13-29-27(22)34-2)26(31-25)23-8-6-14-30-28(23)35-3/h5-9,12-15,17,20,32H,4,10-11,16H2,1-3H3. The highest BCUT2D eigenvalue weighted by Gasteiger charge is 2.19. The van der Waals surface area contributed by atoms with Gasteiger partial charge in [-0.05, 0) is 60.9 Å². The lowest BCUT2D eigenvalue weighted by Gasteiger charge is -2.15. The highest BCUT2D eigenvalue weighted by molar-refractivity contribution is 5.94. The number of hydrogen-bond donors (Lipinski definition) is 1. The molecule has 1 atom stereocenters. The Morgan fingerprint density at radius 1 is 0.943 bits per heavy atom. The minimum absolute atomic E-state index is 0.107. The third-order valence-corrected chi connectivity index (χ3v) is 5.98. The SMILES string of the molecule is CCC(O)CCC(=O)Cc1ccc2nc(-c3cccnc3OC)c(-c3cccnc3OC)cc2c1. The van der Waals surface area contributed by atoms with Crippen molar-refractivity contribution in [1.29, 1.82) is 0 Å². The van der Waals surface area contributed by atoms with E-state index in [2.05, 4.69) is 9.97 Å². The number of nitrogens with zero attached hydrogens (tertiary/aromatic N) is 3. The molecule has 0 aliphatic heterocycles. The minimum atomic E-state index is -0.431. The molecule has 0 amide bonds. The number of hydrogen-bond acceptors (Lipinski definition) is 7. The fourth-order valence-corrected chi connectivity index (χ4v) is 4.09. The second kappa shape index (κ2) is 11.1. The summed E-state index contributed by atoms with van der Waals surface area (Å²) >= 11 is 0. The van der Waals surface area contributed by atoms with Crippen molar-refractivity contribution in [2.45, 2.75) is 38.7 Å². The molecule has 7 nitrogen and oxygen atoms in total. The third kappa shape index (κ3) is 5.46. The molecule has 4 aromatic rings. The smallest absolute Gasteiger partial charge is 0.222 e. The van der Waals surface area contributed by atoms with Gasteiger partial charge in [-0.3, -0.25) is 4.79 Å². The van der Waals surface area contributed by atoms with Crippen LogP contribution in [0.25, 0.3) is 33.3 Å². The highest BCUT2D eigenvalue weighted by atomic mass is 16.5. The van der Waals surface area contributed by atoms with Crippen molar-refractivity contribution < 1.29 is 19.4 Å². The van der Waals surface area contributed by atoms with Crippen molar-refractivity contribution in [3.63, 3.8) is 0 Å². The van der Waals surface area contributed by atoms with E-state index in [4.69, 9.17) is 14.5 Å². The molecule has 35 heavy (non-hydrogen) atoms. The fraction of sp³-hybridized carbons (Fsp3) is 0.286. The van der Waals surface area contributed by atoms with Gasteiger partial charge in [-0.25, -0.2) is 15.0 Å². The normalized spacial score (nSPS) is 11.9. The molecule has 0 fully saturated rings. The molecule has 1 unspecified atom stereocenters. The Morgan fingerprint density at radius 2 is 1.63 bits per heavy atom. The van der Waals surface area contributed by atoms with E-state index in [0.717, 1.165) is 33.2 Å². The zero-order valence-corrected chi connectivity index (χ0v) is 20.2. The van der Waals surface area contributed by atoms with Crippen molar-refractivity contribution in [1.82, 2.24) is 15.0 Å². The van der Waals surface area contributed by atoms with Crippen LogP contribution in [0.15, 0.2) is 60.9 Å². The van der Waals surface area contributed by atoms with Gasteiger partial charge in [-0.15, -0.1) is 0 Å². The predicted molar refractivity (Wildman–Crippen MR) is 136 cm³/mol. The summed E-state index contributed by atoms with van der Waals surface area (Å²) in [7, 11) is 3.17. The molecule has 4 rings (SSSR count). The quantitative estimate of drug-likeness (QED) is 0.346. The number of benzene rings is 1. The summed E-state index contributed by atoms with van der Waals surface area (Å²) in [4.78, 5) is 26.2. The van der Waals surface area contributed by atoms with E-state index in [-0.39, 0.29) is 5.78 Å². The van der Waals surface area contributed by atoms with Gasteiger partial charge < -0.3 is 14.6 Å². The Bertz CT molecular complexity index is 1340. The lowest BCUT2D eigenvalue weighted by Crippen LogP contribution is -2.10. The summed E-state index contributed by atoms with van der Waals surface area (Å²) in [6, 6.07) is 15.4. The number of aliphatic hydroxyl groups excluding tert-OH is 1. The fourth-order valence-electron chi connectivity index (χ4n) is 4.09. The van der Waals surface area contributed by atoms with E-state index < -0.39 is 6.10 Å². The van der Waals surface area contributed by atoms with E-state index in [0.29, 0.717) is 43.1 Å². The molecule has 3 aromatic heterocycles. The van der Waals surface area contributed by atoms with E-state index in [1.807, 2.05) is 55.5 Å². The van der Waals surface area contributed by atoms with Crippen LogP contribution in [0.1, 0.15) is 31.7 Å². The molecule has 1 aromatic carbocycles. The maximum Gasteiger partial charge on any atom is 0.222 e. The van der Waals surface area contributed by atoms with Crippen molar-refractivity contribution in [3.8, 4) is 34.1 Å². The van der Waals surface area contributed by atoms with Crippen LogP contribution >= 0.6 is 0 Å². The van der Waals surface area contributed by atoms with Gasteiger partial charge in [-0.1, -0.05) is 13.0 Å². The Balaban J connectivity index is 1.81. The number of aliphatic hydroxyl groups is 1. The first-order valence-corrected chi connectivity index (χ1v) is 11.7. The number of carbonyl (C=O) groups excluding carboxylic acids is 1. The lowest BCUT2D eigenvalue weighted by atomic mass is 9.96. The number of ketones is 1. The van der Waals surface area contributed by atoms with Gasteiger partial charge in [0.15, 0.2) is 0 Å². The van der Waals surface area contributed by atoms with Gasteiger partial charge in [0, 0.05) is 41.7 Å². The molecule has 0 saturated heterocycles. The van der Waals surface area contributed by atoms with Crippen LogP contribution in [0.3, 0.4) is 0 Å². The van der Waals surface area contributed by atoms with Gasteiger partial charge in [0.2, 0.25) is 11.8 Å². The number of ether oxygens (including phenoxy) is 2. The van der Waals surface area contributed by atoms with Crippen LogP contribution in [0.2, 0.25) is 0 Å². The second-order valence-electron chi connectivity index (χ2n) is 8.35. The molecular formula is C28H29N3O4. The molecule has 0 aliphatic rings. The van der Waals surface area contributed by atoms with E-state index in [1.54, 1.807) is 26.6 Å². The summed E-state index contributed by atoms with van der Waals surface area (Å²) in [5.74, 6) is 1.06. The van der Waals surface area contributed by atoms with Crippen LogP contribution in [-0.4, -0.2) is 46.2 Å². The largest absolute Gasteiger partial charge is 0.481 e. The number of methoxy groups -OCH3 is 2. The number of rotatable bonds is 10. The number of aromatic nitrogens is 3. The number of carbonyl (C=O) groups is 1. The molecule has 7 heteroatoms. The predicted octanol–water partition coefficient (Wildman–Crippen LogP) is 5.04. The average Bonchev–Trinajstić information content (AvgIpc) is 2.90. The highest BCUT2D eigenvalue weighted by Crippen LogP contribution is 2.39. The average molecular weight is 472 g/mol. The van der Waals surface area contributed by atoms with Crippen molar-refractivity contribution in [2.75, 3.05) is 14.2 Å². The number of fused-ring (bicyclic) bond motifs is 1. The molecule has 3 heterocycles. The van der Waals surface area contributed by atoms with Crippen LogP contribution in [-0.2, 0) is 11.2 Å². The third-order valence-electron chi connectivity index (χ3n) is 5.98. The maximum absolute atomic E-state index is 12.5. The first-order chi connectivity index (χ1) is 17.0. The number of Topliss-reactive ketones (excluding diaryl/α,β-unsaturated/α-hetero) is 1. The van der Waals surface area contributed by atoms with Crippen molar-refractivity contribution in [2.24, 2.45) is 0 Å². The first-order valence-electron chi connectivity index (χ1n) is 11.7. The summed E-state index contributed by atoms with van der Waals surface area (Å²) in [5.41, 5.74) is 4.77. The molecule has 0 saturated carbocycles. The van der Waals surface area contributed by atoms with E-state index >= 15 is 0 Å². The zero-order valence-electron chi connectivity index (χ0n) is 20.2. The molecule has 0 spiro atoms. The summed E-state index contributed by atoms with van der Waals surface area (Å²) in [5, 5.41) is 10.7. The van der Waals surface area contributed by atoms with Gasteiger partial charge in [-0.2, -0.15) is 0 Å². The van der Waals surface area contributed by atoms with Gasteiger partial charge >= 0.3 is 0 Å². The van der Waals surface area contributed by atoms with Gasteiger partial charge in [0.25, 0.3) is 0 Å². The second-order valence-corrected chi connectivity index (χ2v) is 8.35. The van der Waals surface area contributed by atoms with Crippen LogP contribution in [0.4, 0.5) is 0 Å². The van der Waals surface area contributed by atoms with Crippen molar-refractivity contribution >= 4 is 16.7 Å². The molecule has 0 aliphatic carbocycles. The van der Waals surface area contributed by atoms with E-state index in [9.17, 15) is 9.90 Å². The van der Waals surface area contributed by atoms with Gasteiger partial charge in [0.1, 0.15) is 5.78 Å². The van der Waals surface area contributed by atoms with Crippen LogP contribution < -0.4 is 9.47 Å². The Morgan fingerprint density at radius 3 is 2.31 bits per heavy atom. The first kappa shape index (κ1) is 24.3. The van der Waals surface area contributed by atoms with Gasteiger partial charge in [0.05, 0.1) is 37.1 Å². The molecule has 1 N–H and O–H groups in total. The zero-order chi connectivity index (χ0) is 24.8. The summed E-state index contributed by atoms with van der Waals surface area (Å²) in [6.07, 6.45) is 4.75. The summed E-state index contributed by atoms with van der Waals surface area (Å²) in [6.45, 7) is 1.91. The Labute approximate surface area is 204 Å². The molecule has 180 valence electrons. The van der Waals surface area contributed by atoms with Crippen LogP contribution in [0.5, 0.6) is 11.8 Å². The Kier molecular flexibility index (Phi) is 7.67. The number of pyridine rings is 3. The topological polar surface area (TPSA) is 94.4 Å². The monoisotopic (exact) mass is 471 g/mol. The molecular weight excluding hydrogens is 442 g/mol. The lowest BCUT2D eigenvalue weighted by molar-refractivity contribution is -0.119. The maximum atomic E-state index is 12.5. The van der Waals surface area contributed by atoms with Crippen LogP contribution in [0, 0.1) is 0 Å².